The van der Waals surface area contributed by atoms with Crippen LogP contribution in [0.25, 0.3) is 0 Å². The van der Waals surface area contributed by atoms with E-state index < -0.39 is 11.6 Å². The summed E-state index contributed by atoms with van der Waals surface area (Å²) in [7, 11) is 1.48. The second-order valence-corrected chi connectivity index (χ2v) is 4.07. The molecule has 0 aliphatic carbocycles. The molecular formula is C13H18F2N2O3. The van der Waals surface area contributed by atoms with Gasteiger partial charge >= 0.3 is 0 Å². The summed E-state index contributed by atoms with van der Waals surface area (Å²) in [6, 6.07) is 3.25. The molecular weight excluding hydrogens is 270 g/mol. The second-order valence-electron chi connectivity index (χ2n) is 4.07. The fraction of sp³-hybridized carbons (Fsp3) is 0.462. The number of halogens is 2. The van der Waals surface area contributed by atoms with Crippen molar-refractivity contribution in [1.82, 2.24) is 5.32 Å². The van der Waals surface area contributed by atoms with E-state index in [-0.39, 0.29) is 43.9 Å². The van der Waals surface area contributed by atoms with Gasteiger partial charge in [0, 0.05) is 19.7 Å². The van der Waals surface area contributed by atoms with Gasteiger partial charge in [0.15, 0.2) is 11.6 Å². The number of hydrogen-bond donors (Lipinski definition) is 2. The molecule has 112 valence electrons. The maximum atomic E-state index is 12.9. The van der Waals surface area contributed by atoms with Crippen LogP contribution < -0.4 is 15.8 Å². The number of methoxy groups -OCH3 is 1. The molecule has 1 unspecified atom stereocenters. The Morgan fingerprint density at radius 3 is 2.75 bits per heavy atom. The number of amides is 1. The van der Waals surface area contributed by atoms with Crippen molar-refractivity contribution in [2.24, 2.45) is 5.73 Å². The Kier molecular flexibility index (Phi) is 6.89. The van der Waals surface area contributed by atoms with Crippen LogP contribution in [0.3, 0.4) is 0 Å². The predicted molar refractivity (Wildman–Crippen MR) is 69.3 cm³/mol. The minimum absolute atomic E-state index is 0.150. The molecule has 20 heavy (non-hydrogen) atoms. The monoisotopic (exact) mass is 288 g/mol. The summed E-state index contributed by atoms with van der Waals surface area (Å²) in [5.41, 5.74) is 5.39. The third-order valence-electron chi connectivity index (χ3n) is 2.59. The molecule has 1 rings (SSSR count). The van der Waals surface area contributed by atoms with Gasteiger partial charge in [-0.05, 0) is 12.1 Å². The Labute approximate surface area is 116 Å². The van der Waals surface area contributed by atoms with Crippen LogP contribution in [-0.2, 0) is 9.53 Å². The molecule has 0 saturated carbocycles. The SMILES string of the molecule is COC(CN)CC(=O)NCCOc1ccc(F)c(F)c1. The fourth-order valence-electron chi connectivity index (χ4n) is 1.47. The number of carbonyl (C=O) groups is 1. The topological polar surface area (TPSA) is 73.6 Å². The molecule has 1 aromatic rings. The molecule has 0 fully saturated rings. The van der Waals surface area contributed by atoms with E-state index in [4.69, 9.17) is 15.2 Å². The molecule has 0 aliphatic heterocycles. The number of nitrogens with two attached hydrogens (primary N) is 1. The van der Waals surface area contributed by atoms with Crippen LogP contribution in [0, 0.1) is 11.6 Å². The number of rotatable bonds is 8. The first kappa shape index (κ1) is 16.3. The average Bonchev–Trinajstić information content (AvgIpc) is 2.44. The van der Waals surface area contributed by atoms with Crippen molar-refractivity contribution >= 4 is 5.91 Å². The number of nitrogens with one attached hydrogen (secondary N) is 1. The smallest absolute Gasteiger partial charge is 0.222 e. The Hall–Kier alpha value is -1.73. The van der Waals surface area contributed by atoms with E-state index >= 15 is 0 Å². The Morgan fingerprint density at radius 1 is 1.40 bits per heavy atom. The molecule has 0 spiro atoms. The van der Waals surface area contributed by atoms with Crippen LogP contribution in [-0.4, -0.2) is 38.8 Å². The van der Waals surface area contributed by atoms with Gasteiger partial charge in [-0.15, -0.1) is 0 Å². The van der Waals surface area contributed by atoms with Gasteiger partial charge < -0.3 is 20.5 Å². The molecule has 0 aliphatic rings. The van der Waals surface area contributed by atoms with Crippen LogP contribution in [0.5, 0.6) is 5.75 Å². The number of benzene rings is 1. The van der Waals surface area contributed by atoms with E-state index in [0.717, 1.165) is 12.1 Å². The third kappa shape index (κ3) is 5.50. The zero-order valence-corrected chi connectivity index (χ0v) is 11.2. The third-order valence-corrected chi connectivity index (χ3v) is 2.59. The van der Waals surface area contributed by atoms with Gasteiger partial charge in [0.2, 0.25) is 5.91 Å². The van der Waals surface area contributed by atoms with Crippen molar-refractivity contribution in [1.29, 1.82) is 0 Å². The molecule has 1 atom stereocenters. The molecule has 1 aromatic carbocycles. The summed E-state index contributed by atoms with van der Waals surface area (Å²) >= 11 is 0. The minimum Gasteiger partial charge on any atom is -0.492 e. The second kappa shape index (κ2) is 8.44. The van der Waals surface area contributed by atoms with E-state index in [0.29, 0.717) is 0 Å². The summed E-state index contributed by atoms with van der Waals surface area (Å²) in [5, 5.41) is 2.61. The average molecular weight is 288 g/mol. The van der Waals surface area contributed by atoms with Crippen LogP contribution in [0.1, 0.15) is 6.42 Å². The number of hydrogen-bond acceptors (Lipinski definition) is 4. The van der Waals surface area contributed by atoms with Gasteiger partial charge in [-0.1, -0.05) is 0 Å². The fourth-order valence-corrected chi connectivity index (χ4v) is 1.47. The summed E-state index contributed by atoms with van der Waals surface area (Å²) in [6.07, 6.45) is -0.153. The van der Waals surface area contributed by atoms with Crippen molar-refractivity contribution < 1.29 is 23.0 Å². The molecule has 7 heteroatoms. The molecule has 5 nitrogen and oxygen atoms in total. The van der Waals surface area contributed by atoms with Gasteiger partial charge in [0.1, 0.15) is 12.4 Å². The van der Waals surface area contributed by atoms with Gasteiger partial charge in [-0.25, -0.2) is 8.78 Å². The molecule has 3 N–H and O–H groups in total. The van der Waals surface area contributed by atoms with Crippen LogP contribution >= 0.6 is 0 Å². The normalized spacial score (nSPS) is 12.0. The van der Waals surface area contributed by atoms with E-state index in [1.165, 1.54) is 13.2 Å². The molecule has 0 saturated heterocycles. The Morgan fingerprint density at radius 2 is 2.15 bits per heavy atom. The molecule has 0 heterocycles. The lowest BCUT2D eigenvalue weighted by Gasteiger charge is -2.12. The molecule has 1 amide bonds. The molecule has 0 radical (unpaired) electrons. The van der Waals surface area contributed by atoms with Gasteiger partial charge in [0.25, 0.3) is 0 Å². The van der Waals surface area contributed by atoms with Crippen LogP contribution in [0.4, 0.5) is 8.78 Å². The van der Waals surface area contributed by atoms with Crippen LogP contribution in [0.15, 0.2) is 18.2 Å². The lowest BCUT2D eigenvalue weighted by molar-refractivity contribution is -0.123. The highest BCUT2D eigenvalue weighted by Crippen LogP contribution is 2.14. The van der Waals surface area contributed by atoms with Crippen molar-refractivity contribution in [3.63, 3.8) is 0 Å². The summed E-state index contributed by atoms with van der Waals surface area (Å²) < 4.78 is 35.7. The largest absolute Gasteiger partial charge is 0.492 e. The van der Waals surface area contributed by atoms with Crippen molar-refractivity contribution in [2.75, 3.05) is 26.8 Å². The highest BCUT2D eigenvalue weighted by Gasteiger charge is 2.10. The zero-order chi connectivity index (χ0) is 15.0. The lowest BCUT2D eigenvalue weighted by atomic mass is 10.2. The van der Waals surface area contributed by atoms with E-state index in [1.807, 2.05) is 0 Å². The van der Waals surface area contributed by atoms with Gasteiger partial charge in [-0.2, -0.15) is 0 Å². The summed E-state index contributed by atoms with van der Waals surface area (Å²) in [6.45, 7) is 0.658. The standard InChI is InChI=1S/C13H18F2N2O3/c1-19-10(8-16)7-13(18)17-4-5-20-9-2-3-11(14)12(15)6-9/h2-3,6,10H,4-5,7-8,16H2,1H3,(H,17,18). The van der Waals surface area contributed by atoms with E-state index in [2.05, 4.69) is 5.32 Å². The van der Waals surface area contributed by atoms with E-state index in [9.17, 15) is 13.6 Å². The molecule has 0 aromatic heterocycles. The Balaban J connectivity index is 2.24. The number of carbonyl (C=O) groups excluding carboxylic acids is 1. The van der Waals surface area contributed by atoms with Crippen molar-refractivity contribution in [2.45, 2.75) is 12.5 Å². The van der Waals surface area contributed by atoms with Gasteiger partial charge in [-0.3, -0.25) is 4.79 Å². The zero-order valence-electron chi connectivity index (χ0n) is 11.2. The first-order valence-corrected chi connectivity index (χ1v) is 6.14. The quantitative estimate of drug-likeness (QED) is 0.695. The number of ether oxygens (including phenoxy) is 2. The summed E-state index contributed by atoms with van der Waals surface area (Å²) in [5.74, 6) is -1.92. The van der Waals surface area contributed by atoms with Crippen molar-refractivity contribution in [3.8, 4) is 5.75 Å². The van der Waals surface area contributed by atoms with Gasteiger partial charge in [0.05, 0.1) is 19.1 Å². The predicted octanol–water partition coefficient (Wildman–Crippen LogP) is 0.824. The first-order valence-electron chi connectivity index (χ1n) is 6.14. The highest BCUT2D eigenvalue weighted by molar-refractivity contribution is 5.76. The first-order chi connectivity index (χ1) is 9.56. The van der Waals surface area contributed by atoms with E-state index in [1.54, 1.807) is 0 Å². The highest BCUT2D eigenvalue weighted by atomic mass is 19.2. The molecule has 0 bridgehead atoms. The Bertz CT molecular complexity index is 440. The van der Waals surface area contributed by atoms with Crippen LogP contribution in [0.2, 0.25) is 0 Å². The lowest BCUT2D eigenvalue weighted by Crippen LogP contribution is -2.34. The summed E-state index contributed by atoms with van der Waals surface area (Å²) in [4.78, 5) is 11.5. The maximum Gasteiger partial charge on any atom is 0.222 e. The minimum atomic E-state index is -0.975. The van der Waals surface area contributed by atoms with Crippen molar-refractivity contribution in [3.05, 3.63) is 29.8 Å². The maximum absolute atomic E-state index is 12.9.